The van der Waals surface area contributed by atoms with E-state index in [4.69, 9.17) is 4.42 Å². The summed E-state index contributed by atoms with van der Waals surface area (Å²) in [5.41, 5.74) is 15.0. The van der Waals surface area contributed by atoms with Crippen LogP contribution in [0.15, 0.2) is 210 Å². The predicted octanol–water partition coefficient (Wildman–Crippen LogP) is 14.6. The average molecular weight is 692 g/mol. The Bertz CT molecular complexity index is 2830. The molecule has 54 heavy (non-hydrogen) atoms. The van der Waals surface area contributed by atoms with Gasteiger partial charge in [0.1, 0.15) is 11.2 Å². The first-order valence-electron chi connectivity index (χ1n) is 18.7. The van der Waals surface area contributed by atoms with Crippen molar-refractivity contribution in [3.63, 3.8) is 0 Å². The van der Waals surface area contributed by atoms with Crippen molar-refractivity contribution in [2.45, 2.75) is 12.8 Å². The molecule has 0 aliphatic heterocycles. The average Bonchev–Trinajstić information content (AvgIpc) is 3.64. The van der Waals surface area contributed by atoms with Crippen LogP contribution in [-0.4, -0.2) is 0 Å². The highest BCUT2D eigenvalue weighted by Crippen LogP contribution is 2.41. The van der Waals surface area contributed by atoms with Crippen molar-refractivity contribution >= 4 is 49.7 Å². The lowest BCUT2D eigenvalue weighted by Crippen LogP contribution is -2.19. The van der Waals surface area contributed by atoms with Crippen molar-refractivity contribution in [2.75, 3.05) is 4.90 Å². The number of hydrogen-bond donors (Lipinski definition) is 0. The van der Waals surface area contributed by atoms with Crippen LogP contribution in [0, 0.1) is 0 Å². The fraction of sp³-hybridized carbons (Fsp3) is 0.0385. The van der Waals surface area contributed by atoms with E-state index in [0.29, 0.717) is 0 Å². The van der Waals surface area contributed by atoms with Gasteiger partial charge in [-0.2, -0.15) is 0 Å². The lowest BCUT2D eigenvalue weighted by molar-refractivity contribution is 0.669. The van der Waals surface area contributed by atoms with Crippen molar-refractivity contribution in [1.29, 1.82) is 0 Å². The van der Waals surface area contributed by atoms with Gasteiger partial charge in [-0.3, -0.25) is 0 Å². The van der Waals surface area contributed by atoms with Crippen LogP contribution in [0.3, 0.4) is 0 Å². The minimum Gasteiger partial charge on any atom is -0.456 e. The Morgan fingerprint density at radius 3 is 1.54 bits per heavy atom. The van der Waals surface area contributed by atoms with Gasteiger partial charge in [0.25, 0.3) is 0 Å². The second kappa shape index (κ2) is 13.6. The Morgan fingerprint density at radius 1 is 0.370 bits per heavy atom. The first-order chi connectivity index (χ1) is 26.8. The molecule has 0 fully saturated rings. The van der Waals surface area contributed by atoms with Gasteiger partial charge >= 0.3 is 0 Å². The number of anilines is 2. The van der Waals surface area contributed by atoms with Gasteiger partial charge in [0.05, 0.1) is 0 Å². The molecule has 0 spiro atoms. The lowest BCUT2D eigenvalue weighted by atomic mass is 9.94. The Kier molecular flexibility index (Phi) is 8.00. The second-order valence-corrected chi connectivity index (χ2v) is 14.0. The number of benzene rings is 8. The van der Waals surface area contributed by atoms with Crippen molar-refractivity contribution in [3.05, 3.63) is 211 Å². The molecule has 2 heteroatoms. The van der Waals surface area contributed by atoms with E-state index in [1.807, 2.05) is 12.1 Å². The molecule has 0 radical (unpaired) electrons. The molecule has 0 N–H and O–H groups in total. The van der Waals surface area contributed by atoms with E-state index in [9.17, 15) is 0 Å². The number of hydrogen-bond acceptors (Lipinski definition) is 2. The number of nitrogens with zero attached hydrogens (tertiary/aromatic N) is 1. The normalized spacial score (nSPS) is 12.9. The monoisotopic (exact) mass is 691 g/mol. The van der Waals surface area contributed by atoms with E-state index in [1.165, 1.54) is 66.4 Å². The van der Waals surface area contributed by atoms with Crippen LogP contribution < -0.4 is 4.90 Å². The van der Waals surface area contributed by atoms with Gasteiger partial charge in [-0.25, -0.2) is 0 Å². The fourth-order valence-electron chi connectivity index (χ4n) is 8.00. The molecule has 1 aromatic heterocycles. The Hall–Kier alpha value is -6.90. The summed E-state index contributed by atoms with van der Waals surface area (Å²) in [6, 6.07) is 67.6. The number of fused-ring (bicyclic) bond motifs is 5. The van der Waals surface area contributed by atoms with E-state index < -0.39 is 0 Å². The molecule has 9 aromatic rings. The molecule has 1 heterocycles. The topological polar surface area (TPSA) is 16.4 Å². The zero-order chi connectivity index (χ0) is 35.8. The Labute approximate surface area is 315 Å². The van der Waals surface area contributed by atoms with Crippen LogP contribution in [0.2, 0.25) is 0 Å². The third-order valence-corrected chi connectivity index (χ3v) is 10.7. The summed E-state index contributed by atoms with van der Waals surface area (Å²) in [6.45, 7) is 0. The second-order valence-electron chi connectivity index (χ2n) is 14.0. The quantitative estimate of drug-likeness (QED) is 0.165. The van der Waals surface area contributed by atoms with E-state index in [2.05, 4.69) is 193 Å². The van der Waals surface area contributed by atoms with Gasteiger partial charge in [0.15, 0.2) is 0 Å². The molecule has 0 amide bonds. The SMILES string of the molecule is C1=C(c2ccccc2)C(N(c2ccc(-c3ccc(-c4ccccc4)cc3)cc2)c2ccc(-c3ccc4ccc5oc6ccccc6c5c4c3)cc2)=CCC1. The molecule has 0 unspecified atom stereocenters. The van der Waals surface area contributed by atoms with Crippen molar-refractivity contribution < 1.29 is 4.42 Å². The maximum Gasteiger partial charge on any atom is 0.136 e. The third-order valence-electron chi connectivity index (χ3n) is 10.7. The molecule has 10 rings (SSSR count). The van der Waals surface area contributed by atoms with Crippen LogP contribution in [0.25, 0.3) is 71.7 Å². The van der Waals surface area contributed by atoms with Crippen LogP contribution in [0.1, 0.15) is 18.4 Å². The maximum atomic E-state index is 6.23. The van der Waals surface area contributed by atoms with E-state index in [0.717, 1.165) is 40.8 Å². The van der Waals surface area contributed by atoms with Crippen LogP contribution >= 0.6 is 0 Å². The minimum atomic E-state index is 0.921. The molecule has 1 aliphatic rings. The number of rotatable bonds is 7. The largest absolute Gasteiger partial charge is 0.456 e. The summed E-state index contributed by atoms with van der Waals surface area (Å²) in [4.78, 5) is 2.42. The van der Waals surface area contributed by atoms with E-state index in [-0.39, 0.29) is 0 Å². The first kappa shape index (κ1) is 31.8. The summed E-state index contributed by atoms with van der Waals surface area (Å²) < 4.78 is 6.23. The lowest BCUT2D eigenvalue weighted by Gasteiger charge is -2.31. The molecule has 256 valence electrons. The fourth-order valence-corrected chi connectivity index (χ4v) is 8.00. The third kappa shape index (κ3) is 5.79. The van der Waals surface area contributed by atoms with E-state index in [1.54, 1.807) is 0 Å². The molecule has 0 saturated carbocycles. The predicted molar refractivity (Wildman–Crippen MR) is 228 cm³/mol. The summed E-state index contributed by atoms with van der Waals surface area (Å²) in [7, 11) is 0. The Balaban J connectivity index is 1.03. The smallest absolute Gasteiger partial charge is 0.136 e. The highest BCUT2D eigenvalue weighted by atomic mass is 16.3. The van der Waals surface area contributed by atoms with Crippen LogP contribution in [0.5, 0.6) is 0 Å². The molecule has 0 bridgehead atoms. The summed E-state index contributed by atoms with van der Waals surface area (Å²) in [5.74, 6) is 0. The minimum absolute atomic E-state index is 0.921. The van der Waals surface area contributed by atoms with Crippen molar-refractivity contribution in [1.82, 2.24) is 0 Å². The summed E-state index contributed by atoms with van der Waals surface area (Å²) in [5, 5.41) is 4.74. The van der Waals surface area contributed by atoms with Gasteiger partial charge in [0, 0.05) is 33.4 Å². The molecule has 2 nitrogen and oxygen atoms in total. The highest BCUT2D eigenvalue weighted by molar-refractivity contribution is 6.19. The molecule has 8 aromatic carbocycles. The van der Waals surface area contributed by atoms with E-state index >= 15 is 0 Å². The standard InChI is InChI=1S/C52H37NO/c1-3-11-36(12-4-1)37-19-21-38(22-20-37)39-25-30-44(31-26-39)53(49-17-9-7-15-46(49)41-13-5-2-6-14-41)45-32-27-40(28-33-45)43-24-23-42-29-34-51-52(48(42)35-43)47-16-8-10-18-50(47)54-51/h1-6,8,10-35H,7,9H2. The number of allylic oxidation sites excluding steroid dienone is 3. The number of para-hydroxylation sites is 1. The molecule has 1 aliphatic carbocycles. The van der Waals surface area contributed by atoms with Crippen molar-refractivity contribution in [2.24, 2.45) is 0 Å². The van der Waals surface area contributed by atoms with Gasteiger partial charge in [0.2, 0.25) is 0 Å². The summed E-state index contributed by atoms with van der Waals surface area (Å²) >= 11 is 0. The maximum absolute atomic E-state index is 6.23. The molecular weight excluding hydrogens is 655 g/mol. The number of furan rings is 1. The zero-order valence-corrected chi connectivity index (χ0v) is 29.8. The van der Waals surface area contributed by atoms with Gasteiger partial charge in [-0.1, -0.05) is 158 Å². The van der Waals surface area contributed by atoms with Crippen molar-refractivity contribution in [3.8, 4) is 33.4 Å². The molecular formula is C52H37NO. The summed E-state index contributed by atoms with van der Waals surface area (Å²) in [6.07, 6.45) is 6.82. The molecule has 0 atom stereocenters. The zero-order valence-electron chi connectivity index (χ0n) is 29.8. The molecule has 0 saturated heterocycles. The van der Waals surface area contributed by atoms with Crippen LogP contribution in [-0.2, 0) is 0 Å². The van der Waals surface area contributed by atoms with Gasteiger partial charge < -0.3 is 9.32 Å². The first-order valence-corrected chi connectivity index (χ1v) is 18.7. The van der Waals surface area contributed by atoms with Crippen LogP contribution in [0.4, 0.5) is 11.4 Å². The van der Waals surface area contributed by atoms with Gasteiger partial charge in [-0.05, 0) is 105 Å². The Morgan fingerprint density at radius 2 is 0.870 bits per heavy atom. The van der Waals surface area contributed by atoms with Gasteiger partial charge in [-0.15, -0.1) is 0 Å². The highest BCUT2D eigenvalue weighted by Gasteiger charge is 2.22.